The van der Waals surface area contributed by atoms with E-state index in [1.807, 2.05) is 19.1 Å². The van der Waals surface area contributed by atoms with Gasteiger partial charge in [-0.05, 0) is 43.4 Å². The molecule has 222 valence electrons. The molecule has 0 saturated heterocycles. The second-order valence-electron chi connectivity index (χ2n) is 12.2. The van der Waals surface area contributed by atoms with Crippen LogP contribution in [-0.2, 0) is 20.4 Å². The van der Waals surface area contributed by atoms with E-state index < -0.39 is 12.1 Å². The molecule has 3 amide bonds. The summed E-state index contributed by atoms with van der Waals surface area (Å²) < 4.78 is 6.09. The minimum Gasteiger partial charge on any atom is -0.409 e. The lowest BCUT2D eigenvalue weighted by atomic mass is 9.78. The van der Waals surface area contributed by atoms with Gasteiger partial charge in [0.1, 0.15) is 5.75 Å². The summed E-state index contributed by atoms with van der Waals surface area (Å²) >= 11 is 0. The topological polar surface area (TPSA) is 118 Å². The van der Waals surface area contributed by atoms with E-state index in [4.69, 9.17) is 4.74 Å². The highest BCUT2D eigenvalue weighted by molar-refractivity contribution is 5.92. The van der Waals surface area contributed by atoms with Gasteiger partial charge in [-0.25, -0.2) is 34.1 Å². The Morgan fingerprint density at radius 1 is 0.800 bits per heavy atom. The number of hydrogen-bond acceptors (Lipinski definition) is 7. The largest absolute Gasteiger partial charge is 0.423 e. The predicted octanol–water partition coefficient (Wildman–Crippen LogP) is 6.89. The Kier molecular flexibility index (Phi) is 15.1. The van der Waals surface area contributed by atoms with Crippen molar-refractivity contribution in [2.75, 3.05) is 26.2 Å². The minimum absolute atomic E-state index is 0.215. The Hall–Kier alpha value is -3.28. The fourth-order valence-corrected chi connectivity index (χ4v) is 4.28. The van der Waals surface area contributed by atoms with Crippen LogP contribution in [0.25, 0.3) is 0 Å². The lowest BCUT2D eigenvalue weighted by Gasteiger charge is -2.31. The minimum atomic E-state index is -0.699. The summed E-state index contributed by atoms with van der Waals surface area (Å²) in [5.74, 6) is 0.512. The van der Waals surface area contributed by atoms with E-state index in [-0.39, 0.29) is 17.4 Å². The maximum Gasteiger partial charge on any atom is 0.423 e. The van der Waals surface area contributed by atoms with Crippen molar-refractivity contribution in [3.8, 4) is 5.75 Å². The van der Waals surface area contributed by atoms with Gasteiger partial charge in [0.25, 0.3) is 0 Å². The van der Waals surface area contributed by atoms with E-state index in [1.54, 1.807) is 0 Å². The van der Waals surface area contributed by atoms with Gasteiger partial charge >= 0.3 is 12.1 Å². The summed E-state index contributed by atoms with van der Waals surface area (Å²) in [7, 11) is 0. The number of nitrogens with zero attached hydrogens (tertiary/aromatic N) is 3. The number of carbonyl (C=O) groups is 2. The van der Waals surface area contributed by atoms with E-state index in [0.29, 0.717) is 31.8 Å². The average Bonchev–Trinajstić information content (AvgIpc) is 2.86. The van der Waals surface area contributed by atoms with Crippen LogP contribution in [0, 0.1) is 6.92 Å². The van der Waals surface area contributed by atoms with Crippen molar-refractivity contribution in [3.05, 3.63) is 28.8 Å². The molecular formula is C31H48N4O5. The molecular weight excluding hydrogens is 508 g/mol. The fourth-order valence-electron chi connectivity index (χ4n) is 4.28. The third-order valence-electron chi connectivity index (χ3n) is 6.51. The standard InChI is InChI=1S/C31H48N4O5/c1-24-20-25(30(2,3)4)27(26(21-24)31(5,6)7)40-29(39)35(19-15-11-10-13-17-33-23-37)28(38)34-18-14-9-8-12-16-32-22-36/h20-21H,8-19H2,1-7H3,(H,34,38). The number of hydrogen-bond donors (Lipinski definition) is 1. The van der Waals surface area contributed by atoms with Gasteiger partial charge in [0.2, 0.25) is 12.2 Å². The normalized spacial score (nSPS) is 11.3. The van der Waals surface area contributed by atoms with E-state index in [9.17, 15) is 19.2 Å². The number of nitrogens with one attached hydrogen (secondary N) is 1. The number of benzene rings is 1. The molecule has 1 N–H and O–H groups in total. The van der Waals surface area contributed by atoms with Crippen LogP contribution in [-0.4, -0.2) is 55.4 Å². The van der Waals surface area contributed by atoms with E-state index in [1.165, 1.54) is 12.2 Å². The third-order valence-corrected chi connectivity index (χ3v) is 6.51. The molecule has 0 bridgehead atoms. The first-order chi connectivity index (χ1) is 18.8. The van der Waals surface area contributed by atoms with Gasteiger partial charge in [0.05, 0.1) is 13.1 Å². The Morgan fingerprint density at radius 3 is 1.75 bits per heavy atom. The first kappa shape index (κ1) is 34.7. The summed E-state index contributed by atoms with van der Waals surface area (Å²) in [5.41, 5.74) is 2.36. The first-order valence-corrected chi connectivity index (χ1v) is 14.3. The molecule has 0 saturated carbocycles. The van der Waals surface area contributed by atoms with Crippen molar-refractivity contribution in [2.45, 2.75) is 111 Å². The van der Waals surface area contributed by atoms with Crippen molar-refractivity contribution >= 4 is 24.3 Å². The Balaban J connectivity index is 3.06. The summed E-state index contributed by atoms with van der Waals surface area (Å²) in [6, 6.07) is 3.61. The van der Waals surface area contributed by atoms with Gasteiger partial charge in [-0.1, -0.05) is 84.9 Å². The molecule has 0 heterocycles. The second-order valence-corrected chi connectivity index (χ2v) is 12.2. The zero-order valence-corrected chi connectivity index (χ0v) is 25.5. The highest BCUT2D eigenvalue weighted by Gasteiger charge is 2.31. The molecule has 0 aromatic heterocycles. The molecule has 0 spiro atoms. The van der Waals surface area contributed by atoms with Crippen LogP contribution in [0.5, 0.6) is 5.75 Å². The maximum atomic E-state index is 13.6. The van der Waals surface area contributed by atoms with Gasteiger partial charge in [0.15, 0.2) is 0 Å². The van der Waals surface area contributed by atoms with E-state index in [2.05, 4.69) is 56.8 Å². The lowest BCUT2D eigenvalue weighted by molar-refractivity contribution is 0.151. The van der Waals surface area contributed by atoms with Crippen LogP contribution in [0.3, 0.4) is 0 Å². The number of aryl methyl sites for hydroxylation is 1. The molecule has 0 unspecified atom stereocenters. The van der Waals surface area contributed by atoms with Crippen molar-refractivity contribution < 1.29 is 23.9 Å². The number of unbranched alkanes of at least 4 members (excludes halogenated alkanes) is 6. The molecule has 1 rings (SSSR count). The smallest absolute Gasteiger partial charge is 0.409 e. The van der Waals surface area contributed by atoms with E-state index in [0.717, 1.165) is 66.5 Å². The number of urea groups is 1. The Bertz CT molecular complexity index is 1020. The number of aliphatic imine (C=N–C) groups is 2. The Labute approximate surface area is 239 Å². The number of imide groups is 1. The summed E-state index contributed by atoms with van der Waals surface area (Å²) in [5, 5.41) is 2.86. The monoisotopic (exact) mass is 556 g/mol. The van der Waals surface area contributed by atoms with Crippen LogP contribution in [0.15, 0.2) is 22.1 Å². The van der Waals surface area contributed by atoms with Gasteiger partial charge in [-0.2, -0.15) is 0 Å². The molecule has 0 atom stereocenters. The van der Waals surface area contributed by atoms with Crippen LogP contribution >= 0.6 is 0 Å². The molecule has 0 radical (unpaired) electrons. The lowest BCUT2D eigenvalue weighted by Crippen LogP contribution is -2.46. The SMILES string of the molecule is Cc1cc(C(C)(C)C)c(OC(=O)N(CCCCCCN=C=O)C(=O)NCCCCCCN=C=O)c(C(C)(C)C)c1. The first-order valence-electron chi connectivity index (χ1n) is 14.3. The van der Waals surface area contributed by atoms with Gasteiger partial charge in [-0.3, -0.25) is 0 Å². The quantitative estimate of drug-likeness (QED) is 0.143. The molecule has 0 aliphatic carbocycles. The number of ether oxygens (including phenoxy) is 1. The van der Waals surface area contributed by atoms with Crippen molar-refractivity contribution in [1.82, 2.24) is 10.2 Å². The van der Waals surface area contributed by atoms with Crippen LogP contribution in [0.4, 0.5) is 9.59 Å². The Morgan fingerprint density at radius 2 is 1.27 bits per heavy atom. The van der Waals surface area contributed by atoms with Crippen LogP contribution in [0.2, 0.25) is 0 Å². The van der Waals surface area contributed by atoms with Crippen LogP contribution < -0.4 is 10.1 Å². The van der Waals surface area contributed by atoms with Crippen molar-refractivity contribution in [2.24, 2.45) is 9.98 Å². The predicted molar refractivity (Wildman–Crippen MR) is 158 cm³/mol. The average molecular weight is 557 g/mol. The second kappa shape index (κ2) is 17.4. The van der Waals surface area contributed by atoms with Gasteiger partial charge in [-0.15, -0.1) is 0 Å². The van der Waals surface area contributed by atoms with Crippen molar-refractivity contribution in [3.63, 3.8) is 0 Å². The molecule has 9 nitrogen and oxygen atoms in total. The molecule has 1 aromatic rings. The molecule has 9 heteroatoms. The summed E-state index contributed by atoms with van der Waals surface area (Å²) in [6.07, 6.45) is 8.63. The zero-order chi connectivity index (χ0) is 30.2. The molecule has 0 fully saturated rings. The van der Waals surface area contributed by atoms with E-state index >= 15 is 0 Å². The fraction of sp³-hybridized carbons (Fsp3) is 0.677. The number of carbonyl (C=O) groups excluding carboxylic acids is 4. The molecule has 0 aliphatic rings. The molecule has 1 aromatic carbocycles. The van der Waals surface area contributed by atoms with Gasteiger partial charge in [0, 0.05) is 24.2 Å². The zero-order valence-electron chi connectivity index (χ0n) is 25.5. The number of rotatable bonds is 15. The third kappa shape index (κ3) is 12.7. The van der Waals surface area contributed by atoms with Crippen molar-refractivity contribution in [1.29, 1.82) is 0 Å². The van der Waals surface area contributed by atoms with Crippen LogP contribution in [0.1, 0.15) is 110 Å². The molecule has 0 aliphatic heterocycles. The molecule has 40 heavy (non-hydrogen) atoms. The number of isocyanates is 2. The van der Waals surface area contributed by atoms with Gasteiger partial charge < -0.3 is 10.1 Å². The maximum absolute atomic E-state index is 13.6. The highest BCUT2D eigenvalue weighted by Crippen LogP contribution is 2.41. The summed E-state index contributed by atoms with van der Waals surface area (Å²) in [6.45, 7) is 16.0. The highest BCUT2D eigenvalue weighted by atomic mass is 16.6. The number of amides is 3. The summed E-state index contributed by atoms with van der Waals surface area (Å²) in [4.78, 5) is 55.4.